The lowest BCUT2D eigenvalue weighted by molar-refractivity contribution is -0.124. The molecule has 0 amide bonds. The lowest BCUT2D eigenvalue weighted by Crippen LogP contribution is -2.54. The molecule has 2 heteroatoms. The first kappa shape index (κ1) is 9.72. The van der Waals surface area contributed by atoms with Crippen molar-refractivity contribution in [1.82, 2.24) is 4.90 Å². The third-order valence-electron chi connectivity index (χ3n) is 2.93. The quantitative estimate of drug-likeness (QED) is 0.638. The minimum absolute atomic E-state index is 0.335. The van der Waals surface area contributed by atoms with Crippen molar-refractivity contribution in [3.8, 4) is 0 Å². The van der Waals surface area contributed by atoms with Crippen LogP contribution in [0.1, 0.15) is 33.1 Å². The first-order valence-electron chi connectivity index (χ1n) is 4.82. The molecule has 1 aliphatic heterocycles. The summed E-state index contributed by atoms with van der Waals surface area (Å²) in [6, 6.07) is 0. The Morgan fingerprint density at radius 3 is 2.33 bits per heavy atom. The predicted octanol–water partition coefficient (Wildman–Crippen LogP) is 1.70. The van der Waals surface area contributed by atoms with Gasteiger partial charge in [-0.05, 0) is 13.5 Å². The zero-order valence-electron chi connectivity index (χ0n) is 8.39. The minimum atomic E-state index is 0.335. The van der Waals surface area contributed by atoms with Crippen molar-refractivity contribution in [2.24, 2.45) is 5.41 Å². The third kappa shape index (κ3) is 1.86. The molecule has 0 aromatic carbocycles. The molecule has 0 aromatic rings. The fourth-order valence-electron chi connectivity index (χ4n) is 2.10. The van der Waals surface area contributed by atoms with Gasteiger partial charge in [0, 0.05) is 31.3 Å². The summed E-state index contributed by atoms with van der Waals surface area (Å²) in [4.78, 5) is 13.6. The Balaban J connectivity index is 2.42. The number of hydrogen-bond acceptors (Lipinski definition) is 2. The minimum Gasteiger partial charge on any atom is -0.305 e. The van der Waals surface area contributed by atoms with Gasteiger partial charge in [-0.15, -0.1) is 0 Å². The van der Waals surface area contributed by atoms with Crippen molar-refractivity contribution in [2.75, 3.05) is 20.1 Å². The van der Waals surface area contributed by atoms with Gasteiger partial charge in [0.1, 0.15) is 5.78 Å². The number of hydrogen-bond donors (Lipinski definition) is 0. The van der Waals surface area contributed by atoms with Crippen LogP contribution in [0.25, 0.3) is 0 Å². The van der Waals surface area contributed by atoms with Crippen LogP contribution in [0.3, 0.4) is 0 Å². The molecule has 0 unspecified atom stereocenters. The van der Waals surface area contributed by atoms with Gasteiger partial charge in [-0.3, -0.25) is 4.79 Å². The van der Waals surface area contributed by atoms with Crippen molar-refractivity contribution >= 4 is 5.78 Å². The van der Waals surface area contributed by atoms with E-state index in [1.54, 1.807) is 0 Å². The van der Waals surface area contributed by atoms with Crippen LogP contribution in [0, 0.1) is 5.41 Å². The van der Waals surface area contributed by atoms with Crippen LogP contribution in [-0.4, -0.2) is 30.8 Å². The van der Waals surface area contributed by atoms with Gasteiger partial charge in [0.15, 0.2) is 0 Å². The number of Topliss-reactive ketones (excluding diaryl/α,β-unsaturated/α-hetero) is 1. The largest absolute Gasteiger partial charge is 0.305 e. The van der Waals surface area contributed by atoms with Crippen molar-refractivity contribution in [3.05, 3.63) is 0 Å². The molecular formula is C10H19NO. The molecule has 1 saturated heterocycles. The fraction of sp³-hybridized carbons (Fsp3) is 0.900. The molecule has 0 bridgehead atoms. The number of rotatable bonds is 4. The van der Waals surface area contributed by atoms with Gasteiger partial charge in [-0.1, -0.05) is 13.8 Å². The average molecular weight is 169 g/mol. The van der Waals surface area contributed by atoms with Crippen LogP contribution in [0.15, 0.2) is 0 Å². The maximum atomic E-state index is 11.3. The topological polar surface area (TPSA) is 20.3 Å². The number of carbonyl (C=O) groups is 1. The highest BCUT2D eigenvalue weighted by molar-refractivity contribution is 5.78. The zero-order chi connectivity index (χ0) is 9.19. The average Bonchev–Trinajstić information content (AvgIpc) is 2.01. The predicted molar refractivity (Wildman–Crippen MR) is 50.1 cm³/mol. The summed E-state index contributed by atoms with van der Waals surface area (Å²) in [5, 5.41) is 0. The summed E-state index contributed by atoms with van der Waals surface area (Å²) in [7, 11) is 2.12. The van der Waals surface area contributed by atoms with Crippen LogP contribution in [0.4, 0.5) is 0 Å². The van der Waals surface area contributed by atoms with Crippen LogP contribution in [0.5, 0.6) is 0 Å². The van der Waals surface area contributed by atoms with Gasteiger partial charge in [0.25, 0.3) is 0 Å². The summed E-state index contributed by atoms with van der Waals surface area (Å²) in [5.74, 6) is 0.421. The molecule has 0 N–H and O–H groups in total. The normalized spacial score (nSPS) is 21.9. The van der Waals surface area contributed by atoms with E-state index in [0.717, 1.165) is 25.9 Å². The van der Waals surface area contributed by atoms with E-state index < -0.39 is 0 Å². The van der Waals surface area contributed by atoms with Crippen LogP contribution >= 0.6 is 0 Å². The number of carbonyl (C=O) groups excluding carboxylic acids is 1. The Hall–Kier alpha value is -0.370. The number of nitrogens with zero attached hydrogens (tertiary/aromatic N) is 1. The van der Waals surface area contributed by atoms with Gasteiger partial charge in [0.2, 0.25) is 0 Å². The maximum absolute atomic E-state index is 11.3. The van der Waals surface area contributed by atoms with Crippen LogP contribution in [0.2, 0.25) is 0 Å². The van der Waals surface area contributed by atoms with Crippen LogP contribution < -0.4 is 0 Å². The molecule has 70 valence electrons. The van der Waals surface area contributed by atoms with Crippen molar-refractivity contribution in [2.45, 2.75) is 33.1 Å². The van der Waals surface area contributed by atoms with Gasteiger partial charge < -0.3 is 4.90 Å². The lowest BCUT2D eigenvalue weighted by Gasteiger charge is -2.48. The molecule has 0 saturated carbocycles. The van der Waals surface area contributed by atoms with E-state index in [1.165, 1.54) is 0 Å². The molecule has 1 fully saturated rings. The fourth-order valence-corrected chi connectivity index (χ4v) is 2.10. The van der Waals surface area contributed by atoms with Gasteiger partial charge >= 0.3 is 0 Å². The Morgan fingerprint density at radius 1 is 1.42 bits per heavy atom. The molecule has 0 spiro atoms. The molecule has 1 heterocycles. The molecular weight excluding hydrogens is 150 g/mol. The van der Waals surface area contributed by atoms with Gasteiger partial charge in [0.05, 0.1) is 0 Å². The van der Waals surface area contributed by atoms with E-state index in [9.17, 15) is 4.79 Å². The van der Waals surface area contributed by atoms with Crippen molar-refractivity contribution < 1.29 is 4.79 Å². The molecule has 0 aromatic heterocycles. The zero-order valence-corrected chi connectivity index (χ0v) is 8.39. The highest BCUT2D eigenvalue weighted by Crippen LogP contribution is 2.36. The Bertz CT molecular complexity index is 171. The number of likely N-dealkylation sites (tertiary alicyclic amines) is 1. The molecule has 12 heavy (non-hydrogen) atoms. The summed E-state index contributed by atoms with van der Waals surface area (Å²) >= 11 is 0. The molecule has 1 rings (SSSR count). The first-order valence-corrected chi connectivity index (χ1v) is 4.82. The van der Waals surface area contributed by atoms with Crippen LogP contribution in [-0.2, 0) is 4.79 Å². The monoisotopic (exact) mass is 169 g/mol. The van der Waals surface area contributed by atoms with E-state index in [2.05, 4.69) is 18.9 Å². The van der Waals surface area contributed by atoms with Gasteiger partial charge in [-0.25, -0.2) is 0 Å². The Morgan fingerprint density at radius 2 is 2.00 bits per heavy atom. The number of ketones is 1. The highest BCUT2D eigenvalue weighted by atomic mass is 16.1. The van der Waals surface area contributed by atoms with E-state index in [0.29, 0.717) is 17.6 Å². The van der Waals surface area contributed by atoms with E-state index in [1.807, 2.05) is 6.92 Å². The summed E-state index contributed by atoms with van der Waals surface area (Å²) in [6.45, 7) is 6.36. The lowest BCUT2D eigenvalue weighted by atomic mass is 9.73. The SMILES string of the molecule is CCC(=O)CC1(CC)CN(C)C1. The van der Waals surface area contributed by atoms with E-state index in [4.69, 9.17) is 0 Å². The summed E-state index contributed by atoms with van der Waals surface area (Å²) in [5.41, 5.74) is 0.335. The maximum Gasteiger partial charge on any atom is 0.133 e. The molecule has 0 aliphatic carbocycles. The second-order valence-corrected chi connectivity index (χ2v) is 4.09. The Kier molecular flexibility index (Phi) is 2.89. The second-order valence-electron chi connectivity index (χ2n) is 4.09. The summed E-state index contributed by atoms with van der Waals surface area (Å²) < 4.78 is 0. The standard InChI is InChI=1S/C10H19NO/c1-4-9(12)6-10(5-2)7-11(3)8-10/h4-8H2,1-3H3. The smallest absolute Gasteiger partial charge is 0.133 e. The molecule has 0 radical (unpaired) electrons. The summed E-state index contributed by atoms with van der Waals surface area (Å²) in [6.07, 6.45) is 2.64. The van der Waals surface area contributed by atoms with Gasteiger partial charge in [-0.2, -0.15) is 0 Å². The van der Waals surface area contributed by atoms with E-state index in [-0.39, 0.29) is 0 Å². The second kappa shape index (κ2) is 3.56. The molecule has 2 nitrogen and oxygen atoms in total. The van der Waals surface area contributed by atoms with Crippen molar-refractivity contribution in [3.63, 3.8) is 0 Å². The highest BCUT2D eigenvalue weighted by Gasteiger charge is 2.40. The van der Waals surface area contributed by atoms with E-state index >= 15 is 0 Å². The Labute approximate surface area is 74.9 Å². The van der Waals surface area contributed by atoms with Crippen molar-refractivity contribution in [1.29, 1.82) is 0 Å². The molecule has 0 atom stereocenters. The first-order chi connectivity index (χ1) is 5.62. The third-order valence-corrected chi connectivity index (χ3v) is 2.93. The molecule has 1 aliphatic rings.